The number of halogens is 1. The summed E-state index contributed by atoms with van der Waals surface area (Å²) in [6.07, 6.45) is 3.79. The molecule has 132 valence electrons. The number of anilines is 3. The lowest BCUT2D eigenvalue weighted by Gasteiger charge is -2.31. The lowest BCUT2D eigenvalue weighted by atomic mass is 9.99. The zero-order valence-electron chi connectivity index (χ0n) is 14.4. The van der Waals surface area contributed by atoms with Crippen LogP contribution in [0.5, 0.6) is 0 Å². The Bertz CT molecular complexity index is 759. The summed E-state index contributed by atoms with van der Waals surface area (Å²) in [6.45, 7) is 6.08. The Morgan fingerprint density at radius 1 is 1.24 bits per heavy atom. The number of amides is 2. The van der Waals surface area contributed by atoms with Crippen molar-refractivity contribution >= 4 is 35.0 Å². The van der Waals surface area contributed by atoms with E-state index in [-0.39, 0.29) is 6.03 Å². The van der Waals surface area contributed by atoms with Crippen molar-refractivity contribution in [3.8, 4) is 0 Å². The molecule has 1 aromatic carbocycles. The largest absolute Gasteiger partial charge is 0.356 e. The molecule has 1 fully saturated rings. The third-order valence-electron chi connectivity index (χ3n) is 4.52. The van der Waals surface area contributed by atoms with Crippen molar-refractivity contribution in [3.63, 3.8) is 0 Å². The van der Waals surface area contributed by atoms with E-state index in [4.69, 9.17) is 11.6 Å². The maximum absolute atomic E-state index is 12.2. The Morgan fingerprint density at radius 3 is 2.76 bits per heavy atom. The van der Waals surface area contributed by atoms with Gasteiger partial charge in [0.05, 0.1) is 0 Å². The standard InChI is InChI=1S/C18H22ClN5O/c1-12-6-8-24(9-7-12)17-10-16(20-11-21-17)23-18(25)22-15-5-3-4-14(19)13(15)2/h3-5,10-12H,6-9H2,1-2H3,(H2,20,21,22,23,25). The van der Waals surface area contributed by atoms with Gasteiger partial charge in [0.2, 0.25) is 0 Å². The predicted molar refractivity (Wildman–Crippen MR) is 101 cm³/mol. The Morgan fingerprint density at radius 2 is 2.00 bits per heavy atom. The molecule has 1 aromatic heterocycles. The van der Waals surface area contributed by atoms with Crippen molar-refractivity contribution < 1.29 is 4.79 Å². The Hall–Kier alpha value is -2.34. The molecule has 1 aliphatic rings. The average Bonchev–Trinajstić information content (AvgIpc) is 2.60. The first-order chi connectivity index (χ1) is 12.0. The van der Waals surface area contributed by atoms with Gasteiger partial charge in [0, 0.05) is 29.9 Å². The van der Waals surface area contributed by atoms with Crippen molar-refractivity contribution in [1.29, 1.82) is 0 Å². The Labute approximate surface area is 152 Å². The molecule has 0 unspecified atom stereocenters. The predicted octanol–water partition coefficient (Wildman–Crippen LogP) is 4.32. The monoisotopic (exact) mass is 359 g/mol. The summed E-state index contributed by atoms with van der Waals surface area (Å²) in [5.41, 5.74) is 1.49. The lowest BCUT2D eigenvalue weighted by molar-refractivity contribution is 0.262. The highest BCUT2D eigenvalue weighted by Gasteiger charge is 2.17. The first-order valence-electron chi connectivity index (χ1n) is 8.43. The van der Waals surface area contributed by atoms with Gasteiger partial charge in [0.15, 0.2) is 0 Å². The number of nitrogens with zero attached hydrogens (tertiary/aromatic N) is 3. The molecule has 3 rings (SSSR count). The summed E-state index contributed by atoms with van der Waals surface area (Å²) in [6, 6.07) is 6.84. The number of rotatable bonds is 3. The number of hydrogen-bond donors (Lipinski definition) is 2. The molecule has 0 aliphatic carbocycles. The van der Waals surface area contributed by atoms with Gasteiger partial charge in [-0.25, -0.2) is 14.8 Å². The highest BCUT2D eigenvalue weighted by Crippen LogP contribution is 2.24. The molecular formula is C18H22ClN5O. The van der Waals surface area contributed by atoms with E-state index in [9.17, 15) is 4.79 Å². The number of carbonyl (C=O) groups excluding carboxylic acids is 1. The van der Waals surface area contributed by atoms with E-state index >= 15 is 0 Å². The van der Waals surface area contributed by atoms with Crippen LogP contribution in [0.25, 0.3) is 0 Å². The molecule has 2 amide bonds. The number of hydrogen-bond acceptors (Lipinski definition) is 4. The van der Waals surface area contributed by atoms with Crippen LogP contribution in [0.2, 0.25) is 5.02 Å². The van der Waals surface area contributed by atoms with Gasteiger partial charge in [0.25, 0.3) is 0 Å². The second-order valence-corrected chi connectivity index (χ2v) is 6.83. The van der Waals surface area contributed by atoms with Gasteiger partial charge in [-0.15, -0.1) is 0 Å². The Balaban J connectivity index is 1.65. The van der Waals surface area contributed by atoms with Gasteiger partial charge in [-0.3, -0.25) is 5.32 Å². The first kappa shape index (κ1) is 17.5. The zero-order chi connectivity index (χ0) is 17.8. The summed E-state index contributed by atoms with van der Waals surface area (Å²) in [7, 11) is 0. The molecule has 0 radical (unpaired) electrons. The second kappa shape index (κ2) is 7.70. The topological polar surface area (TPSA) is 70.2 Å². The normalized spacial score (nSPS) is 15.1. The fraction of sp³-hybridized carbons (Fsp3) is 0.389. The Kier molecular flexibility index (Phi) is 5.38. The van der Waals surface area contributed by atoms with Gasteiger partial charge in [-0.05, 0) is 43.4 Å². The highest BCUT2D eigenvalue weighted by molar-refractivity contribution is 6.31. The third kappa shape index (κ3) is 4.39. The van der Waals surface area contributed by atoms with Gasteiger partial charge in [-0.1, -0.05) is 24.6 Å². The van der Waals surface area contributed by atoms with Crippen molar-refractivity contribution in [3.05, 3.63) is 41.2 Å². The van der Waals surface area contributed by atoms with Crippen LogP contribution in [0, 0.1) is 12.8 Å². The summed E-state index contributed by atoms with van der Waals surface area (Å²) in [4.78, 5) is 22.9. The number of carbonyl (C=O) groups is 1. The molecule has 2 aromatic rings. The van der Waals surface area contributed by atoms with E-state index in [1.807, 2.05) is 6.92 Å². The first-order valence-corrected chi connectivity index (χ1v) is 8.81. The number of aromatic nitrogens is 2. The maximum atomic E-state index is 12.2. The molecule has 25 heavy (non-hydrogen) atoms. The van der Waals surface area contributed by atoms with Crippen LogP contribution < -0.4 is 15.5 Å². The van der Waals surface area contributed by atoms with Crippen molar-refractivity contribution in [1.82, 2.24) is 9.97 Å². The number of benzene rings is 1. The molecule has 7 heteroatoms. The van der Waals surface area contributed by atoms with E-state index in [0.717, 1.165) is 43.2 Å². The van der Waals surface area contributed by atoms with Gasteiger partial charge in [-0.2, -0.15) is 0 Å². The maximum Gasteiger partial charge on any atom is 0.324 e. The summed E-state index contributed by atoms with van der Waals surface area (Å²) in [5.74, 6) is 2.07. The van der Waals surface area contributed by atoms with E-state index in [1.54, 1.807) is 24.3 Å². The molecule has 1 saturated heterocycles. The van der Waals surface area contributed by atoms with Crippen LogP contribution in [-0.4, -0.2) is 29.1 Å². The second-order valence-electron chi connectivity index (χ2n) is 6.42. The van der Waals surface area contributed by atoms with E-state index in [0.29, 0.717) is 16.5 Å². The molecule has 6 nitrogen and oxygen atoms in total. The van der Waals surface area contributed by atoms with Gasteiger partial charge < -0.3 is 10.2 Å². The molecule has 2 N–H and O–H groups in total. The van der Waals surface area contributed by atoms with Crippen LogP contribution in [0.15, 0.2) is 30.6 Å². The van der Waals surface area contributed by atoms with Crippen LogP contribution in [-0.2, 0) is 0 Å². The van der Waals surface area contributed by atoms with Crippen LogP contribution in [0.3, 0.4) is 0 Å². The highest BCUT2D eigenvalue weighted by atomic mass is 35.5. The molecule has 2 heterocycles. The van der Waals surface area contributed by atoms with Crippen molar-refractivity contribution in [2.24, 2.45) is 5.92 Å². The smallest absolute Gasteiger partial charge is 0.324 e. The summed E-state index contributed by atoms with van der Waals surface area (Å²) < 4.78 is 0. The number of urea groups is 1. The zero-order valence-corrected chi connectivity index (χ0v) is 15.2. The minimum atomic E-state index is -0.359. The third-order valence-corrected chi connectivity index (χ3v) is 4.93. The number of nitrogens with one attached hydrogen (secondary N) is 2. The summed E-state index contributed by atoms with van der Waals surface area (Å²) >= 11 is 6.08. The van der Waals surface area contributed by atoms with Gasteiger partial charge >= 0.3 is 6.03 Å². The fourth-order valence-electron chi connectivity index (χ4n) is 2.84. The summed E-state index contributed by atoms with van der Waals surface area (Å²) in [5, 5.41) is 6.16. The van der Waals surface area contributed by atoms with E-state index in [1.165, 1.54) is 6.33 Å². The van der Waals surface area contributed by atoms with Crippen LogP contribution in [0.1, 0.15) is 25.3 Å². The molecular weight excluding hydrogens is 338 g/mol. The van der Waals surface area contributed by atoms with Crippen molar-refractivity contribution in [2.75, 3.05) is 28.6 Å². The average molecular weight is 360 g/mol. The fourth-order valence-corrected chi connectivity index (χ4v) is 3.01. The lowest BCUT2D eigenvalue weighted by Crippen LogP contribution is -2.33. The molecule has 0 spiro atoms. The van der Waals surface area contributed by atoms with E-state index < -0.39 is 0 Å². The SMILES string of the molecule is Cc1c(Cl)cccc1NC(=O)Nc1cc(N2CCC(C)CC2)ncn1. The van der Waals surface area contributed by atoms with Crippen LogP contribution >= 0.6 is 11.6 Å². The molecule has 0 saturated carbocycles. The van der Waals surface area contributed by atoms with E-state index in [2.05, 4.69) is 32.4 Å². The minimum Gasteiger partial charge on any atom is -0.356 e. The van der Waals surface area contributed by atoms with Crippen LogP contribution in [0.4, 0.5) is 22.1 Å². The molecule has 1 aliphatic heterocycles. The van der Waals surface area contributed by atoms with Crippen molar-refractivity contribution in [2.45, 2.75) is 26.7 Å². The quantitative estimate of drug-likeness (QED) is 0.856. The molecule has 0 atom stereocenters. The molecule has 0 bridgehead atoms. The number of piperidine rings is 1. The minimum absolute atomic E-state index is 0.359. The van der Waals surface area contributed by atoms with Gasteiger partial charge in [0.1, 0.15) is 18.0 Å².